The van der Waals surface area contributed by atoms with Crippen LogP contribution < -0.4 is 0 Å². The molecule has 28 heavy (non-hydrogen) atoms. The van der Waals surface area contributed by atoms with Gasteiger partial charge >= 0.3 is 0 Å². The number of aryl methyl sites for hydroxylation is 1. The van der Waals surface area contributed by atoms with Gasteiger partial charge in [-0.15, -0.1) is 0 Å². The highest BCUT2D eigenvalue weighted by Crippen LogP contribution is 2.31. The van der Waals surface area contributed by atoms with E-state index in [0.29, 0.717) is 0 Å². The van der Waals surface area contributed by atoms with Crippen LogP contribution in [0.1, 0.15) is 24.5 Å². The van der Waals surface area contributed by atoms with E-state index in [4.69, 9.17) is 0 Å². The van der Waals surface area contributed by atoms with Crippen molar-refractivity contribution in [3.63, 3.8) is 0 Å². The summed E-state index contributed by atoms with van der Waals surface area (Å²) in [6.07, 6.45) is 22.5. The summed E-state index contributed by atoms with van der Waals surface area (Å²) in [7, 11) is 0. The van der Waals surface area contributed by atoms with E-state index in [1.807, 2.05) is 6.92 Å². The molecule has 1 aromatic heterocycles. The lowest BCUT2D eigenvalue weighted by Gasteiger charge is -2.07. The summed E-state index contributed by atoms with van der Waals surface area (Å²) < 4.78 is 2.29. The van der Waals surface area contributed by atoms with Crippen LogP contribution in [0, 0.1) is 6.92 Å². The third-order valence-electron chi connectivity index (χ3n) is 5.04. The zero-order valence-electron chi connectivity index (χ0n) is 16.5. The summed E-state index contributed by atoms with van der Waals surface area (Å²) in [4.78, 5) is 0. The fourth-order valence-corrected chi connectivity index (χ4v) is 3.53. The standard InChI is InChI=1S/C27H25N/c1-3-4-7-10-24-20-28(25-11-8-5-6-9-12-25)27-18-17-23(19-26(24)27)22-15-13-21(2)14-16-22/h3-5,7-20H,6H2,1-2H3/b4-3-,10-7-. The Morgan fingerprint density at radius 3 is 2.57 bits per heavy atom. The number of fused-ring (bicyclic) bond motifs is 1. The molecule has 0 saturated heterocycles. The van der Waals surface area contributed by atoms with Gasteiger partial charge in [0.1, 0.15) is 0 Å². The Morgan fingerprint density at radius 2 is 1.75 bits per heavy atom. The molecule has 0 aliphatic heterocycles. The molecule has 0 amide bonds. The van der Waals surface area contributed by atoms with Gasteiger partial charge < -0.3 is 4.57 Å². The molecule has 0 radical (unpaired) electrons. The van der Waals surface area contributed by atoms with E-state index < -0.39 is 0 Å². The van der Waals surface area contributed by atoms with Crippen LogP contribution in [0.5, 0.6) is 0 Å². The molecule has 138 valence electrons. The van der Waals surface area contributed by atoms with Crippen LogP contribution in [0.15, 0.2) is 97.3 Å². The Bertz CT molecular complexity index is 1130. The molecule has 0 unspecified atom stereocenters. The van der Waals surface area contributed by atoms with Gasteiger partial charge in [-0.3, -0.25) is 0 Å². The average Bonchev–Trinajstić information content (AvgIpc) is 2.89. The van der Waals surface area contributed by atoms with Crippen molar-refractivity contribution in [1.82, 2.24) is 4.57 Å². The number of hydrogen-bond acceptors (Lipinski definition) is 0. The maximum Gasteiger partial charge on any atom is 0.0535 e. The Morgan fingerprint density at radius 1 is 0.929 bits per heavy atom. The van der Waals surface area contributed by atoms with E-state index in [-0.39, 0.29) is 0 Å². The van der Waals surface area contributed by atoms with Crippen LogP contribution >= 0.6 is 0 Å². The summed E-state index contributed by atoms with van der Waals surface area (Å²) >= 11 is 0. The Kier molecular flexibility index (Phi) is 5.25. The molecule has 4 rings (SSSR count). The third-order valence-corrected chi connectivity index (χ3v) is 5.04. The largest absolute Gasteiger partial charge is 0.316 e. The molecule has 0 spiro atoms. The molecule has 1 aliphatic rings. The molecular formula is C27H25N. The van der Waals surface area contributed by atoms with E-state index in [9.17, 15) is 0 Å². The molecule has 1 heterocycles. The van der Waals surface area contributed by atoms with Gasteiger partial charge in [0.2, 0.25) is 0 Å². The van der Waals surface area contributed by atoms with Gasteiger partial charge in [-0.2, -0.15) is 0 Å². The lowest BCUT2D eigenvalue weighted by Crippen LogP contribution is -1.92. The van der Waals surface area contributed by atoms with E-state index in [2.05, 4.69) is 115 Å². The summed E-state index contributed by atoms with van der Waals surface area (Å²) in [6, 6.07) is 15.5. The highest BCUT2D eigenvalue weighted by atomic mass is 15.0. The zero-order chi connectivity index (χ0) is 19.3. The topological polar surface area (TPSA) is 4.93 Å². The van der Waals surface area contributed by atoms with Crippen LogP contribution in [-0.2, 0) is 0 Å². The maximum atomic E-state index is 2.31. The quantitative estimate of drug-likeness (QED) is 0.421. The number of allylic oxidation sites excluding steroid dienone is 9. The fraction of sp³-hybridized carbons (Fsp3) is 0.111. The third kappa shape index (κ3) is 3.70. The lowest BCUT2D eigenvalue weighted by atomic mass is 10.0. The monoisotopic (exact) mass is 363 g/mol. The van der Waals surface area contributed by atoms with Crippen molar-refractivity contribution in [2.24, 2.45) is 0 Å². The van der Waals surface area contributed by atoms with Crippen LogP contribution in [0.2, 0.25) is 0 Å². The molecule has 0 saturated carbocycles. The number of benzene rings is 2. The first kappa shape index (κ1) is 18.1. The molecular weight excluding hydrogens is 338 g/mol. The minimum absolute atomic E-state index is 0.977. The van der Waals surface area contributed by atoms with E-state index in [1.54, 1.807) is 0 Å². The van der Waals surface area contributed by atoms with E-state index in [1.165, 1.54) is 38.9 Å². The second kappa shape index (κ2) is 8.14. The molecule has 3 aromatic rings. The van der Waals surface area contributed by atoms with E-state index >= 15 is 0 Å². The summed E-state index contributed by atoms with van der Waals surface area (Å²) in [5.41, 5.74) is 7.42. The summed E-state index contributed by atoms with van der Waals surface area (Å²) in [5.74, 6) is 0. The van der Waals surface area contributed by atoms with Gasteiger partial charge in [0.15, 0.2) is 0 Å². The second-order valence-electron chi connectivity index (χ2n) is 7.10. The van der Waals surface area contributed by atoms with Crippen molar-refractivity contribution >= 4 is 22.7 Å². The minimum atomic E-state index is 0.977. The van der Waals surface area contributed by atoms with Gasteiger partial charge in [0, 0.05) is 22.8 Å². The molecule has 0 N–H and O–H groups in total. The molecule has 1 aliphatic carbocycles. The Balaban J connectivity index is 1.88. The predicted octanol–water partition coefficient (Wildman–Crippen LogP) is 7.56. The van der Waals surface area contributed by atoms with Crippen molar-refractivity contribution in [1.29, 1.82) is 0 Å². The number of rotatable bonds is 4. The van der Waals surface area contributed by atoms with Gasteiger partial charge in [-0.25, -0.2) is 0 Å². The van der Waals surface area contributed by atoms with E-state index in [0.717, 1.165) is 6.42 Å². The smallest absolute Gasteiger partial charge is 0.0535 e. The van der Waals surface area contributed by atoms with Crippen molar-refractivity contribution < 1.29 is 0 Å². The van der Waals surface area contributed by atoms with Crippen molar-refractivity contribution in [2.45, 2.75) is 20.3 Å². The van der Waals surface area contributed by atoms with Gasteiger partial charge in [-0.05, 0) is 55.7 Å². The Labute approximate surface area is 167 Å². The predicted molar refractivity (Wildman–Crippen MR) is 123 cm³/mol. The second-order valence-corrected chi connectivity index (χ2v) is 7.10. The highest BCUT2D eigenvalue weighted by Gasteiger charge is 2.10. The molecule has 0 bridgehead atoms. The molecule has 2 aromatic carbocycles. The lowest BCUT2D eigenvalue weighted by molar-refractivity contribution is 1.18. The van der Waals surface area contributed by atoms with Crippen LogP contribution in [-0.4, -0.2) is 4.57 Å². The van der Waals surface area contributed by atoms with Crippen molar-refractivity contribution in [2.75, 3.05) is 0 Å². The molecule has 0 fully saturated rings. The van der Waals surface area contributed by atoms with Crippen molar-refractivity contribution in [3.05, 3.63) is 108 Å². The van der Waals surface area contributed by atoms with Crippen molar-refractivity contribution in [3.8, 4) is 11.1 Å². The molecule has 1 nitrogen and oxygen atoms in total. The summed E-state index contributed by atoms with van der Waals surface area (Å²) in [5, 5.41) is 1.27. The normalized spacial score (nSPS) is 14.3. The first-order chi connectivity index (χ1) is 13.8. The molecule has 0 atom stereocenters. The minimum Gasteiger partial charge on any atom is -0.316 e. The highest BCUT2D eigenvalue weighted by molar-refractivity contribution is 5.95. The number of hydrogen-bond donors (Lipinski definition) is 0. The van der Waals surface area contributed by atoms with Crippen LogP contribution in [0.4, 0.5) is 0 Å². The summed E-state index contributed by atoms with van der Waals surface area (Å²) in [6.45, 7) is 4.16. The zero-order valence-corrected chi connectivity index (χ0v) is 16.5. The van der Waals surface area contributed by atoms with Gasteiger partial charge in [-0.1, -0.05) is 78.4 Å². The maximum absolute atomic E-state index is 2.31. The Hall–Kier alpha value is -3.32. The van der Waals surface area contributed by atoms with Crippen LogP contribution in [0.25, 0.3) is 33.8 Å². The van der Waals surface area contributed by atoms with Crippen LogP contribution in [0.3, 0.4) is 0 Å². The molecule has 1 heteroatoms. The first-order valence-electron chi connectivity index (χ1n) is 9.81. The number of nitrogens with zero attached hydrogens (tertiary/aromatic N) is 1. The first-order valence-corrected chi connectivity index (χ1v) is 9.81. The SMILES string of the molecule is C/C=C\C=C/c1cn(C2=CC=CCC=C2)c2ccc(-c3ccc(C)cc3)cc12. The van der Waals surface area contributed by atoms with Gasteiger partial charge in [0.25, 0.3) is 0 Å². The number of aromatic nitrogens is 1. The fourth-order valence-electron chi connectivity index (χ4n) is 3.53. The average molecular weight is 364 g/mol. The van der Waals surface area contributed by atoms with Gasteiger partial charge in [0.05, 0.1) is 5.52 Å².